The summed E-state index contributed by atoms with van der Waals surface area (Å²) in [7, 11) is -3.21. The molecular formula is C11H13N3O2S. The molecule has 17 heavy (non-hydrogen) atoms. The van der Waals surface area contributed by atoms with Gasteiger partial charge in [-0.05, 0) is 31.2 Å². The predicted octanol–water partition coefficient (Wildman–Crippen LogP) is 0.698. The van der Waals surface area contributed by atoms with Gasteiger partial charge in [0.05, 0.1) is 21.9 Å². The number of aromatic nitrogens is 2. The van der Waals surface area contributed by atoms with Crippen molar-refractivity contribution < 1.29 is 8.42 Å². The van der Waals surface area contributed by atoms with E-state index in [1.54, 1.807) is 24.4 Å². The SMILES string of the molecule is O=S(=O)(c1ccc2[nH]ncc2c1)C1CCNC1. The van der Waals surface area contributed by atoms with Crippen molar-refractivity contribution in [1.29, 1.82) is 0 Å². The van der Waals surface area contributed by atoms with Gasteiger partial charge in [0.2, 0.25) is 0 Å². The third-order valence-corrected chi connectivity index (χ3v) is 5.39. The lowest BCUT2D eigenvalue weighted by molar-refractivity contribution is 0.583. The van der Waals surface area contributed by atoms with Crippen LogP contribution in [0.1, 0.15) is 6.42 Å². The molecule has 1 aliphatic rings. The minimum atomic E-state index is -3.21. The maximum Gasteiger partial charge on any atom is 0.182 e. The van der Waals surface area contributed by atoms with Gasteiger partial charge >= 0.3 is 0 Å². The minimum Gasteiger partial charge on any atom is -0.315 e. The Morgan fingerprint density at radius 3 is 3.00 bits per heavy atom. The largest absolute Gasteiger partial charge is 0.315 e. The summed E-state index contributed by atoms with van der Waals surface area (Å²) >= 11 is 0. The highest BCUT2D eigenvalue weighted by Crippen LogP contribution is 2.23. The maximum absolute atomic E-state index is 12.3. The Balaban J connectivity index is 2.07. The van der Waals surface area contributed by atoms with E-state index in [9.17, 15) is 8.42 Å². The summed E-state index contributed by atoms with van der Waals surface area (Å²) in [4.78, 5) is 0.389. The summed E-state index contributed by atoms with van der Waals surface area (Å²) in [5.41, 5.74) is 0.855. The molecule has 3 rings (SSSR count). The van der Waals surface area contributed by atoms with E-state index in [0.29, 0.717) is 17.9 Å². The second-order valence-electron chi connectivity index (χ2n) is 4.28. The molecule has 0 bridgehead atoms. The number of nitrogens with zero attached hydrogens (tertiary/aromatic N) is 1. The molecule has 2 heterocycles. The van der Waals surface area contributed by atoms with Gasteiger partial charge in [-0.3, -0.25) is 5.10 Å². The molecule has 0 amide bonds. The highest BCUT2D eigenvalue weighted by Gasteiger charge is 2.30. The number of aromatic amines is 1. The van der Waals surface area contributed by atoms with Gasteiger partial charge in [0.15, 0.2) is 9.84 Å². The first-order chi connectivity index (χ1) is 8.18. The van der Waals surface area contributed by atoms with Crippen LogP contribution in [0.5, 0.6) is 0 Å². The summed E-state index contributed by atoms with van der Waals surface area (Å²) in [5, 5.41) is 10.3. The normalized spacial score (nSPS) is 21.1. The third kappa shape index (κ3) is 1.73. The Hall–Kier alpha value is -1.40. The first-order valence-corrected chi connectivity index (χ1v) is 7.10. The summed E-state index contributed by atoms with van der Waals surface area (Å²) in [6.45, 7) is 1.32. The zero-order valence-electron chi connectivity index (χ0n) is 9.18. The van der Waals surface area contributed by atoms with E-state index in [1.165, 1.54) is 0 Å². The van der Waals surface area contributed by atoms with E-state index >= 15 is 0 Å². The number of sulfone groups is 1. The number of H-pyrrole nitrogens is 1. The fourth-order valence-corrected chi connectivity index (χ4v) is 3.88. The fraction of sp³-hybridized carbons (Fsp3) is 0.364. The lowest BCUT2D eigenvalue weighted by Gasteiger charge is -2.10. The van der Waals surface area contributed by atoms with Crippen molar-refractivity contribution in [1.82, 2.24) is 15.5 Å². The molecule has 1 atom stereocenters. The quantitative estimate of drug-likeness (QED) is 0.824. The molecule has 0 saturated carbocycles. The molecule has 0 aliphatic carbocycles. The van der Waals surface area contributed by atoms with Crippen LogP contribution in [0, 0.1) is 0 Å². The average molecular weight is 251 g/mol. The van der Waals surface area contributed by atoms with Gasteiger partial charge in [-0.15, -0.1) is 0 Å². The van der Waals surface area contributed by atoms with E-state index in [4.69, 9.17) is 0 Å². The lowest BCUT2D eigenvalue weighted by Crippen LogP contribution is -2.23. The molecule has 0 spiro atoms. The number of nitrogens with one attached hydrogen (secondary N) is 2. The standard InChI is InChI=1S/C11H13N3O2S/c15-17(16,10-3-4-12-7-10)9-1-2-11-8(5-9)6-13-14-11/h1-2,5-6,10,12H,3-4,7H2,(H,13,14). The molecule has 5 nitrogen and oxygen atoms in total. The Morgan fingerprint density at radius 2 is 2.24 bits per heavy atom. The van der Waals surface area contributed by atoms with Gasteiger partial charge in [-0.2, -0.15) is 5.10 Å². The third-order valence-electron chi connectivity index (χ3n) is 3.19. The van der Waals surface area contributed by atoms with E-state index in [1.807, 2.05) is 0 Å². The Labute approximate surface area is 99.1 Å². The van der Waals surface area contributed by atoms with Gasteiger partial charge in [0.25, 0.3) is 0 Å². The predicted molar refractivity (Wildman–Crippen MR) is 64.6 cm³/mol. The average Bonchev–Trinajstić information content (AvgIpc) is 2.99. The summed E-state index contributed by atoms with van der Waals surface area (Å²) in [6.07, 6.45) is 2.33. The van der Waals surface area contributed by atoms with Crippen LogP contribution in [0.15, 0.2) is 29.3 Å². The number of hydrogen-bond donors (Lipinski definition) is 2. The van der Waals surface area contributed by atoms with Crippen molar-refractivity contribution in [2.24, 2.45) is 0 Å². The second-order valence-corrected chi connectivity index (χ2v) is 6.51. The number of benzene rings is 1. The molecule has 6 heteroatoms. The molecule has 2 aromatic rings. The Bertz CT molecular complexity index is 642. The maximum atomic E-state index is 12.3. The van der Waals surface area contributed by atoms with E-state index in [-0.39, 0.29) is 5.25 Å². The van der Waals surface area contributed by atoms with E-state index < -0.39 is 9.84 Å². The molecule has 1 unspecified atom stereocenters. The van der Waals surface area contributed by atoms with Crippen molar-refractivity contribution in [2.45, 2.75) is 16.6 Å². The van der Waals surface area contributed by atoms with Crippen LogP contribution in [-0.4, -0.2) is 37.0 Å². The van der Waals surface area contributed by atoms with Crippen LogP contribution in [-0.2, 0) is 9.84 Å². The smallest absolute Gasteiger partial charge is 0.182 e. The molecular weight excluding hydrogens is 238 g/mol. The second kappa shape index (κ2) is 3.82. The highest BCUT2D eigenvalue weighted by molar-refractivity contribution is 7.92. The van der Waals surface area contributed by atoms with Crippen molar-refractivity contribution in [3.8, 4) is 0 Å². The highest BCUT2D eigenvalue weighted by atomic mass is 32.2. The number of hydrogen-bond acceptors (Lipinski definition) is 4. The molecule has 1 aliphatic heterocycles. The van der Waals surface area contributed by atoms with Crippen molar-refractivity contribution in [3.63, 3.8) is 0 Å². The lowest BCUT2D eigenvalue weighted by atomic mass is 10.3. The first-order valence-electron chi connectivity index (χ1n) is 5.56. The molecule has 0 radical (unpaired) electrons. The van der Waals surface area contributed by atoms with Crippen LogP contribution >= 0.6 is 0 Å². The molecule has 1 saturated heterocycles. The Morgan fingerprint density at radius 1 is 1.35 bits per heavy atom. The van der Waals surface area contributed by atoms with E-state index in [0.717, 1.165) is 17.4 Å². The molecule has 1 fully saturated rings. The molecule has 1 aromatic carbocycles. The van der Waals surface area contributed by atoms with Crippen molar-refractivity contribution in [2.75, 3.05) is 13.1 Å². The van der Waals surface area contributed by atoms with Crippen LogP contribution in [0.3, 0.4) is 0 Å². The van der Waals surface area contributed by atoms with Crippen LogP contribution in [0.25, 0.3) is 10.9 Å². The van der Waals surface area contributed by atoms with Crippen LogP contribution in [0.2, 0.25) is 0 Å². The number of rotatable bonds is 2. The monoisotopic (exact) mass is 251 g/mol. The summed E-state index contributed by atoms with van der Waals surface area (Å²) < 4.78 is 24.7. The number of fused-ring (bicyclic) bond motifs is 1. The van der Waals surface area contributed by atoms with Gasteiger partial charge in [-0.25, -0.2) is 8.42 Å². The summed E-state index contributed by atoms with van der Waals surface area (Å²) in [6, 6.07) is 5.10. The first kappa shape index (κ1) is 10.7. The zero-order chi connectivity index (χ0) is 11.9. The zero-order valence-corrected chi connectivity index (χ0v) is 10.00. The molecule has 2 N–H and O–H groups in total. The fourth-order valence-electron chi connectivity index (χ4n) is 2.18. The summed E-state index contributed by atoms with van der Waals surface area (Å²) in [5.74, 6) is 0. The molecule has 90 valence electrons. The van der Waals surface area contributed by atoms with Gasteiger partial charge in [0, 0.05) is 11.9 Å². The van der Waals surface area contributed by atoms with Crippen LogP contribution < -0.4 is 5.32 Å². The van der Waals surface area contributed by atoms with E-state index in [2.05, 4.69) is 15.5 Å². The van der Waals surface area contributed by atoms with Gasteiger partial charge in [-0.1, -0.05) is 0 Å². The van der Waals surface area contributed by atoms with Crippen molar-refractivity contribution in [3.05, 3.63) is 24.4 Å². The van der Waals surface area contributed by atoms with Crippen LogP contribution in [0.4, 0.5) is 0 Å². The van der Waals surface area contributed by atoms with Gasteiger partial charge < -0.3 is 5.32 Å². The minimum absolute atomic E-state index is 0.299. The van der Waals surface area contributed by atoms with Gasteiger partial charge in [0.1, 0.15) is 0 Å². The molecule has 1 aromatic heterocycles. The topological polar surface area (TPSA) is 74.8 Å². The van der Waals surface area contributed by atoms with Crippen molar-refractivity contribution >= 4 is 20.7 Å². The Kier molecular flexibility index (Phi) is 2.41.